The Morgan fingerprint density at radius 1 is 1.26 bits per heavy atom. The van der Waals surface area contributed by atoms with Gasteiger partial charge in [0, 0.05) is 10.7 Å². The van der Waals surface area contributed by atoms with Crippen LogP contribution >= 0.6 is 23.4 Å². The molecule has 0 amide bonds. The van der Waals surface area contributed by atoms with Crippen LogP contribution in [0.25, 0.3) is 5.69 Å². The summed E-state index contributed by atoms with van der Waals surface area (Å²) in [6.07, 6.45) is 0. The highest BCUT2D eigenvalue weighted by atomic mass is 35.5. The van der Waals surface area contributed by atoms with Crippen LogP contribution in [0.15, 0.2) is 53.7 Å². The Labute approximate surface area is 166 Å². The second-order valence-electron chi connectivity index (χ2n) is 5.87. The third-order valence-electron chi connectivity index (χ3n) is 3.84. The van der Waals surface area contributed by atoms with E-state index in [1.165, 1.54) is 0 Å². The zero-order valence-corrected chi connectivity index (χ0v) is 16.4. The maximum atomic E-state index is 11.2. The van der Waals surface area contributed by atoms with Gasteiger partial charge >= 0.3 is 5.97 Å². The van der Waals surface area contributed by atoms with Crippen molar-refractivity contribution in [2.75, 3.05) is 0 Å². The van der Waals surface area contributed by atoms with Crippen LogP contribution in [-0.4, -0.2) is 31.1 Å². The Kier molecular flexibility index (Phi) is 6.03. The minimum absolute atomic E-state index is 0.185. The van der Waals surface area contributed by atoms with Crippen LogP contribution in [0.5, 0.6) is 5.75 Å². The average Bonchev–Trinajstić information content (AvgIpc) is 3.05. The van der Waals surface area contributed by atoms with E-state index in [0.29, 0.717) is 21.8 Å². The number of halogens is 1. The number of para-hydroxylation sites is 1. The SMILES string of the molecule is Cc1cc(OCc2nnc(S[C@H](C)C(=O)O)n2-c2ccccc2)ccc1Cl. The molecule has 0 spiro atoms. The molecule has 0 radical (unpaired) electrons. The van der Waals surface area contributed by atoms with Gasteiger partial charge in [0.1, 0.15) is 17.6 Å². The summed E-state index contributed by atoms with van der Waals surface area (Å²) in [5, 5.41) is 18.1. The summed E-state index contributed by atoms with van der Waals surface area (Å²) >= 11 is 7.18. The third-order valence-corrected chi connectivity index (χ3v) is 5.30. The average molecular weight is 404 g/mol. The molecule has 6 nitrogen and oxygen atoms in total. The summed E-state index contributed by atoms with van der Waals surface area (Å²) < 4.78 is 7.66. The zero-order valence-electron chi connectivity index (χ0n) is 14.8. The van der Waals surface area contributed by atoms with Crippen LogP contribution in [-0.2, 0) is 11.4 Å². The van der Waals surface area contributed by atoms with Crippen LogP contribution in [0.4, 0.5) is 0 Å². The van der Waals surface area contributed by atoms with E-state index in [1.54, 1.807) is 19.1 Å². The van der Waals surface area contributed by atoms with Crippen molar-refractivity contribution in [1.29, 1.82) is 0 Å². The van der Waals surface area contributed by atoms with E-state index >= 15 is 0 Å². The fourth-order valence-corrected chi connectivity index (χ4v) is 3.31. The fourth-order valence-electron chi connectivity index (χ4n) is 2.37. The van der Waals surface area contributed by atoms with Crippen LogP contribution in [0, 0.1) is 6.92 Å². The highest BCUT2D eigenvalue weighted by molar-refractivity contribution is 8.00. The highest BCUT2D eigenvalue weighted by Gasteiger charge is 2.20. The second kappa shape index (κ2) is 8.45. The number of rotatable bonds is 7. The molecule has 1 heterocycles. The van der Waals surface area contributed by atoms with Crippen molar-refractivity contribution >= 4 is 29.3 Å². The summed E-state index contributed by atoms with van der Waals surface area (Å²) in [6, 6.07) is 15.0. The number of aromatic nitrogens is 3. The third kappa shape index (κ3) is 4.61. The monoisotopic (exact) mass is 403 g/mol. The predicted octanol–water partition coefficient (Wildman–Crippen LogP) is 4.37. The van der Waals surface area contributed by atoms with Gasteiger partial charge in [0.05, 0.1) is 0 Å². The van der Waals surface area contributed by atoms with Crippen molar-refractivity contribution in [2.45, 2.75) is 30.9 Å². The highest BCUT2D eigenvalue weighted by Crippen LogP contribution is 2.27. The molecule has 0 saturated heterocycles. The number of carbonyl (C=O) groups is 1. The molecule has 2 aromatic carbocycles. The number of aryl methyl sites for hydroxylation is 1. The van der Waals surface area contributed by atoms with Crippen molar-refractivity contribution in [2.24, 2.45) is 0 Å². The van der Waals surface area contributed by atoms with Gasteiger partial charge in [0.2, 0.25) is 0 Å². The fraction of sp³-hybridized carbons (Fsp3) is 0.211. The number of hydrogen-bond acceptors (Lipinski definition) is 5. The molecule has 0 aliphatic rings. The summed E-state index contributed by atoms with van der Waals surface area (Å²) in [6.45, 7) is 3.71. The number of carboxylic acids is 1. The lowest BCUT2D eigenvalue weighted by molar-refractivity contribution is -0.136. The van der Waals surface area contributed by atoms with E-state index in [1.807, 2.05) is 47.9 Å². The molecule has 0 aliphatic heterocycles. The minimum Gasteiger partial charge on any atom is -0.486 e. The molecular weight excluding hydrogens is 386 g/mol. The van der Waals surface area contributed by atoms with E-state index in [0.717, 1.165) is 23.0 Å². The molecule has 1 aromatic heterocycles. The lowest BCUT2D eigenvalue weighted by atomic mass is 10.2. The van der Waals surface area contributed by atoms with E-state index < -0.39 is 11.2 Å². The molecule has 0 fully saturated rings. The number of aliphatic carboxylic acids is 1. The number of carboxylic acid groups (broad SMARTS) is 1. The quantitative estimate of drug-likeness (QED) is 0.590. The van der Waals surface area contributed by atoms with Gasteiger partial charge in [-0.3, -0.25) is 9.36 Å². The molecule has 3 rings (SSSR count). The van der Waals surface area contributed by atoms with Gasteiger partial charge in [-0.25, -0.2) is 0 Å². The first-order valence-corrected chi connectivity index (χ1v) is 9.49. The van der Waals surface area contributed by atoms with Crippen LogP contribution < -0.4 is 4.74 Å². The standard InChI is InChI=1S/C19H18ClN3O3S/c1-12-10-15(8-9-16(12)20)26-11-17-21-22-19(27-13(2)18(24)25)23(17)14-6-4-3-5-7-14/h3-10,13H,11H2,1-2H3,(H,24,25)/t13-/m1/s1. The van der Waals surface area contributed by atoms with Crippen molar-refractivity contribution in [3.63, 3.8) is 0 Å². The summed E-state index contributed by atoms with van der Waals surface area (Å²) in [5.74, 6) is 0.346. The number of thioether (sulfide) groups is 1. The molecule has 0 saturated carbocycles. The van der Waals surface area contributed by atoms with E-state index in [-0.39, 0.29) is 6.61 Å². The van der Waals surface area contributed by atoms with Crippen LogP contribution in [0.2, 0.25) is 5.02 Å². The Bertz CT molecular complexity index is 947. The van der Waals surface area contributed by atoms with Crippen LogP contribution in [0.1, 0.15) is 18.3 Å². The molecule has 1 atom stereocenters. The predicted molar refractivity (Wildman–Crippen MR) is 105 cm³/mol. The number of ether oxygens (including phenoxy) is 1. The zero-order chi connectivity index (χ0) is 19.4. The smallest absolute Gasteiger partial charge is 0.316 e. The van der Waals surface area contributed by atoms with Crippen LogP contribution in [0.3, 0.4) is 0 Å². The topological polar surface area (TPSA) is 77.2 Å². The van der Waals surface area contributed by atoms with Crippen molar-refractivity contribution in [1.82, 2.24) is 14.8 Å². The maximum Gasteiger partial charge on any atom is 0.316 e. The van der Waals surface area contributed by atoms with Gasteiger partial charge in [0.25, 0.3) is 0 Å². The van der Waals surface area contributed by atoms with Crippen molar-refractivity contribution in [3.05, 3.63) is 64.9 Å². The Morgan fingerprint density at radius 2 is 2.00 bits per heavy atom. The molecule has 3 aromatic rings. The van der Waals surface area contributed by atoms with E-state index in [9.17, 15) is 9.90 Å². The summed E-state index contributed by atoms with van der Waals surface area (Å²) in [4.78, 5) is 11.2. The second-order valence-corrected chi connectivity index (χ2v) is 7.58. The van der Waals surface area contributed by atoms with E-state index in [2.05, 4.69) is 10.2 Å². The van der Waals surface area contributed by atoms with Crippen molar-refractivity contribution in [3.8, 4) is 11.4 Å². The Morgan fingerprint density at radius 3 is 2.67 bits per heavy atom. The molecule has 1 N–H and O–H groups in total. The van der Waals surface area contributed by atoms with Gasteiger partial charge in [-0.05, 0) is 49.7 Å². The molecule has 0 bridgehead atoms. The lowest BCUT2D eigenvalue weighted by Crippen LogP contribution is -2.13. The van der Waals surface area contributed by atoms with Gasteiger partial charge in [0.15, 0.2) is 11.0 Å². The van der Waals surface area contributed by atoms with E-state index in [4.69, 9.17) is 16.3 Å². The molecule has 27 heavy (non-hydrogen) atoms. The number of hydrogen-bond donors (Lipinski definition) is 1. The lowest BCUT2D eigenvalue weighted by Gasteiger charge is -2.12. The molecular formula is C19H18ClN3O3S. The number of nitrogens with zero attached hydrogens (tertiary/aromatic N) is 3. The first-order valence-electron chi connectivity index (χ1n) is 8.24. The maximum absolute atomic E-state index is 11.2. The minimum atomic E-state index is -0.906. The molecule has 8 heteroatoms. The normalized spacial score (nSPS) is 12.0. The Balaban J connectivity index is 1.89. The van der Waals surface area contributed by atoms with Gasteiger partial charge in [-0.1, -0.05) is 41.6 Å². The van der Waals surface area contributed by atoms with Gasteiger partial charge < -0.3 is 9.84 Å². The molecule has 0 unspecified atom stereocenters. The van der Waals surface area contributed by atoms with Crippen molar-refractivity contribution < 1.29 is 14.6 Å². The largest absolute Gasteiger partial charge is 0.486 e. The Hall–Kier alpha value is -2.51. The summed E-state index contributed by atoms with van der Waals surface area (Å²) in [5.41, 5.74) is 1.76. The first kappa shape index (κ1) is 19.3. The van der Waals surface area contributed by atoms with Gasteiger partial charge in [-0.15, -0.1) is 10.2 Å². The molecule has 140 valence electrons. The summed E-state index contributed by atoms with van der Waals surface area (Å²) in [7, 11) is 0. The first-order chi connectivity index (χ1) is 13.0. The molecule has 0 aliphatic carbocycles. The van der Waals surface area contributed by atoms with Gasteiger partial charge in [-0.2, -0.15) is 0 Å². The number of benzene rings is 2.